The lowest BCUT2D eigenvalue weighted by Crippen LogP contribution is -2.22. The maximum Gasteiger partial charge on any atom is 0.309 e. The van der Waals surface area contributed by atoms with E-state index >= 15 is 0 Å². The highest BCUT2D eigenvalue weighted by Crippen LogP contribution is 2.49. The number of nitro groups is 1. The van der Waals surface area contributed by atoms with Gasteiger partial charge in [0.25, 0.3) is 5.69 Å². The van der Waals surface area contributed by atoms with Crippen molar-refractivity contribution in [3.63, 3.8) is 0 Å². The van der Waals surface area contributed by atoms with Gasteiger partial charge in [-0.25, -0.2) is 4.68 Å². The van der Waals surface area contributed by atoms with E-state index < -0.39 is 4.92 Å². The van der Waals surface area contributed by atoms with E-state index in [4.69, 9.17) is 9.47 Å². The average molecular weight is 448 g/mol. The van der Waals surface area contributed by atoms with Crippen LogP contribution in [0, 0.1) is 35.8 Å². The zero-order chi connectivity index (χ0) is 23.3. The van der Waals surface area contributed by atoms with Crippen LogP contribution in [0.2, 0.25) is 0 Å². The van der Waals surface area contributed by atoms with E-state index in [1.54, 1.807) is 18.3 Å². The van der Waals surface area contributed by atoms with Crippen LogP contribution < -0.4 is 4.74 Å². The van der Waals surface area contributed by atoms with E-state index in [9.17, 15) is 14.9 Å². The largest absolute Gasteiger partial charge is 0.487 e. The molecule has 0 radical (unpaired) electrons. The number of carbonyl (C=O) groups excluding carboxylic acids is 1. The van der Waals surface area contributed by atoms with Crippen LogP contribution in [0.25, 0.3) is 5.69 Å². The number of carbonyl (C=O) groups is 1. The molecular formula is C24H24N4O5. The number of fused-ring (bicyclic) bond motifs is 3. The summed E-state index contributed by atoms with van der Waals surface area (Å²) in [6.45, 7) is 6.19. The number of non-ortho nitro benzene ring substituents is 1. The minimum Gasteiger partial charge on any atom is -0.487 e. The monoisotopic (exact) mass is 448 g/mol. The summed E-state index contributed by atoms with van der Waals surface area (Å²) in [4.78, 5) is 22.9. The Kier molecular flexibility index (Phi) is 5.11. The van der Waals surface area contributed by atoms with Crippen molar-refractivity contribution in [3.8, 4) is 11.4 Å². The molecule has 1 fully saturated rings. The normalized spacial score (nSPS) is 21.3. The minimum absolute atomic E-state index is 0.0223. The maximum absolute atomic E-state index is 12.2. The van der Waals surface area contributed by atoms with Crippen molar-refractivity contribution in [1.29, 1.82) is 0 Å². The highest BCUT2D eigenvalue weighted by atomic mass is 16.6. The van der Waals surface area contributed by atoms with Gasteiger partial charge in [-0.1, -0.05) is 18.2 Å². The molecule has 1 aliphatic carbocycles. The Morgan fingerprint density at radius 3 is 2.91 bits per heavy atom. The first kappa shape index (κ1) is 21.1. The Balaban J connectivity index is 1.44. The molecule has 170 valence electrons. The summed E-state index contributed by atoms with van der Waals surface area (Å²) >= 11 is 0. The molecule has 2 aliphatic rings. The van der Waals surface area contributed by atoms with Gasteiger partial charge < -0.3 is 9.47 Å². The van der Waals surface area contributed by atoms with Gasteiger partial charge in [0, 0.05) is 23.6 Å². The van der Waals surface area contributed by atoms with Crippen LogP contribution in [-0.2, 0) is 22.6 Å². The fourth-order valence-electron chi connectivity index (χ4n) is 5.03. The number of aryl methyl sites for hydroxylation is 1. The molecule has 0 amide bonds. The van der Waals surface area contributed by atoms with E-state index in [1.165, 1.54) is 22.4 Å². The van der Waals surface area contributed by atoms with Gasteiger partial charge in [-0.05, 0) is 55.5 Å². The fourth-order valence-corrected chi connectivity index (χ4v) is 5.03. The molecule has 5 rings (SSSR count). The quantitative estimate of drug-likeness (QED) is 0.327. The van der Waals surface area contributed by atoms with Crippen molar-refractivity contribution < 1.29 is 19.2 Å². The third kappa shape index (κ3) is 3.53. The lowest BCUT2D eigenvalue weighted by Gasteiger charge is -2.31. The van der Waals surface area contributed by atoms with E-state index in [0.717, 1.165) is 29.5 Å². The van der Waals surface area contributed by atoms with Gasteiger partial charge in [-0.15, -0.1) is 5.10 Å². The Labute approximate surface area is 190 Å². The summed E-state index contributed by atoms with van der Waals surface area (Å²) in [7, 11) is 0. The van der Waals surface area contributed by atoms with Crippen LogP contribution in [0.1, 0.15) is 47.4 Å². The second kappa shape index (κ2) is 7.99. The SMILES string of the molecule is Cc1cc(OCc2cnnn2-c2cccc([N+](=O)[O-])c2)c(C)c2c1CC[C@H]1[C@H](C)C(=O)O[C@@H]21. The Hall–Kier alpha value is -3.75. The highest BCUT2D eigenvalue weighted by Gasteiger charge is 2.46. The number of nitrogens with zero attached hydrogens (tertiary/aromatic N) is 4. The van der Waals surface area contributed by atoms with Crippen LogP contribution in [0.5, 0.6) is 5.75 Å². The highest BCUT2D eigenvalue weighted by molar-refractivity contribution is 5.76. The van der Waals surface area contributed by atoms with Crippen molar-refractivity contribution in [3.05, 3.63) is 74.6 Å². The first-order chi connectivity index (χ1) is 15.8. The van der Waals surface area contributed by atoms with Crippen molar-refractivity contribution in [2.24, 2.45) is 11.8 Å². The molecule has 1 aromatic heterocycles. The number of rotatable bonds is 5. The number of nitro benzene ring substituents is 1. The molecule has 33 heavy (non-hydrogen) atoms. The zero-order valence-electron chi connectivity index (χ0n) is 18.6. The maximum atomic E-state index is 12.2. The molecule has 0 N–H and O–H groups in total. The zero-order valence-corrected chi connectivity index (χ0v) is 18.6. The third-order valence-corrected chi connectivity index (χ3v) is 6.86. The van der Waals surface area contributed by atoms with Crippen molar-refractivity contribution in [1.82, 2.24) is 15.0 Å². The van der Waals surface area contributed by atoms with Crippen LogP contribution in [0.3, 0.4) is 0 Å². The lowest BCUT2D eigenvalue weighted by atomic mass is 9.74. The predicted octanol–water partition coefficient (Wildman–Crippen LogP) is 4.17. The Morgan fingerprint density at radius 1 is 1.30 bits per heavy atom. The standard InChI is InChI=1S/C24H24N4O5/c1-13-9-21(15(3)22-19(13)7-8-20-14(2)24(29)33-23(20)22)32-12-18-11-25-26-27(18)16-5-4-6-17(10-16)28(30)31/h4-6,9-11,14,20,23H,7-8,12H2,1-3H3/t14-,20-,23+/m0/s1. The number of ether oxygens (including phenoxy) is 2. The molecule has 2 heterocycles. The summed E-state index contributed by atoms with van der Waals surface area (Å²) in [5.41, 5.74) is 5.57. The number of esters is 1. The number of hydrogen-bond acceptors (Lipinski definition) is 7. The van der Waals surface area contributed by atoms with Crippen molar-refractivity contribution in [2.75, 3.05) is 0 Å². The molecule has 2 aromatic carbocycles. The molecule has 1 saturated heterocycles. The Morgan fingerprint density at radius 2 is 2.12 bits per heavy atom. The fraction of sp³-hybridized carbons (Fsp3) is 0.375. The van der Waals surface area contributed by atoms with Gasteiger partial charge in [-0.2, -0.15) is 0 Å². The predicted molar refractivity (Wildman–Crippen MR) is 118 cm³/mol. The summed E-state index contributed by atoms with van der Waals surface area (Å²) < 4.78 is 13.5. The molecule has 9 heteroatoms. The smallest absolute Gasteiger partial charge is 0.309 e. The van der Waals surface area contributed by atoms with Gasteiger partial charge in [-0.3, -0.25) is 14.9 Å². The molecule has 3 atom stereocenters. The summed E-state index contributed by atoms with van der Waals surface area (Å²) in [5.74, 6) is 0.683. The molecule has 0 bridgehead atoms. The second-order valence-electron chi connectivity index (χ2n) is 8.76. The van der Waals surface area contributed by atoms with E-state index in [1.807, 2.05) is 19.9 Å². The number of hydrogen-bond donors (Lipinski definition) is 0. The van der Waals surface area contributed by atoms with E-state index in [2.05, 4.69) is 17.2 Å². The van der Waals surface area contributed by atoms with Crippen molar-refractivity contribution >= 4 is 11.7 Å². The van der Waals surface area contributed by atoms with Crippen LogP contribution in [0.15, 0.2) is 36.5 Å². The number of aromatic nitrogens is 3. The molecule has 0 unspecified atom stereocenters. The lowest BCUT2D eigenvalue weighted by molar-refractivity contribution is -0.384. The first-order valence-electron chi connectivity index (χ1n) is 11.0. The molecule has 9 nitrogen and oxygen atoms in total. The van der Waals surface area contributed by atoms with Gasteiger partial charge in [0.05, 0.1) is 22.7 Å². The minimum atomic E-state index is -0.445. The van der Waals surface area contributed by atoms with Crippen molar-refractivity contribution in [2.45, 2.75) is 46.3 Å². The molecule has 0 spiro atoms. The van der Waals surface area contributed by atoms with Crippen LogP contribution in [0.4, 0.5) is 5.69 Å². The van der Waals surface area contributed by atoms with Gasteiger partial charge in [0.1, 0.15) is 24.2 Å². The van der Waals surface area contributed by atoms with Gasteiger partial charge in [0.15, 0.2) is 0 Å². The topological polar surface area (TPSA) is 109 Å². The third-order valence-electron chi connectivity index (χ3n) is 6.86. The van der Waals surface area contributed by atoms with Gasteiger partial charge in [0.2, 0.25) is 0 Å². The van der Waals surface area contributed by atoms with Crippen LogP contribution >= 0.6 is 0 Å². The molecular weight excluding hydrogens is 424 g/mol. The summed E-state index contributed by atoms with van der Waals surface area (Å²) in [6.07, 6.45) is 3.22. The molecule has 3 aromatic rings. The first-order valence-corrected chi connectivity index (χ1v) is 11.0. The average Bonchev–Trinajstić information content (AvgIpc) is 3.39. The Bertz CT molecular complexity index is 1270. The molecule has 1 aliphatic heterocycles. The summed E-state index contributed by atoms with van der Waals surface area (Å²) in [6, 6.07) is 8.24. The van der Waals surface area contributed by atoms with Gasteiger partial charge >= 0.3 is 5.97 Å². The van der Waals surface area contributed by atoms with Crippen LogP contribution in [-0.4, -0.2) is 25.9 Å². The second-order valence-corrected chi connectivity index (χ2v) is 8.76. The summed E-state index contributed by atoms with van der Waals surface area (Å²) in [5, 5.41) is 19.2. The molecule has 0 saturated carbocycles. The number of benzene rings is 2. The van der Waals surface area contributed by atoms with E-state index in [-0.39, 0.29) is 36.2 Å². The van der Waals surface area contributed by atoms with E-state index in [0.29, 0.717) is 17.1 Å².